The Morgan fingerprint density at radius 2 is 2.03 bits per heavy atom. The van der Waals surface area contributed by atoms with Gasteiger partial charge in [0.25, 0.3) is 5.91 Å². The minimum Gasteiger partial charge on any atom is -0.506 e. The second-order valence-corrected chi connectivity index (χ2v) is 7.55. The topological polar surface area (TPSA) is 98.7 Å². The van der Waals surface area contributed by atoms with Gasteiger partial charge in [0.15, 0.2) is 0 Å². The van der Waals surface area contributed by atoms with E-state index in [1.54, 1.807) is 12.1 Å². The van der Waals surface area contributed by atoms with Crippen molar-refractivity contribution < 1.29 is 19.5 Å². The summed E-state index contributed by atoms with van der Waals surface area (Å²) in [7, 11) is 0. The number of halogens is 2. The summed E-state index contributed by atoms with van der Waals surface area (Å²) in [6, 6.07) is 9.53. The molecule has 0 unspecified atom stereocenters. The summed E-state index contributed by atoms with van der Waals surface area (Å²) in [4.78, 5) is 37.9. The first-order valence-electron chi connectivity index (χ1n) is 8.70. The van der Waals surface area contributed by atoms with Gasteiger partial charge in [-0.2, -0.15) is 0 Å². The first-order valence-corrected chi connectivity index (χ1v) is 9.87. The molecule has 1 heterocycles. The normalized spacial score (nSPS) is 15.0. The van der Waals surface area contributed by atoms with E-state index in [1.807, 2.05) is 19.1 Å². The van der Waals surface area contributed by atoms with Crippen LogP contribution in [0.25, 0.3) is 6.08 Å². The van der Waals surface area contributed by atoms with E-state index < -0.39 is 24.4 Å². The Labute approximate surface area is 180 Å². The van der Waals surface area contributed by atoms with Crippen LogP contribution in [0.5, 0.6) is 5.75 Å². The Kier molecular flexibility index (Phi) is 6.24. The molecule has 3 N–H and O–H groups in total. The highest BCUT2D eigenvalue weighted by Gasteiger charge is 2.35. The molecule has 2 aromatic carbocycles. The summed E-state index contributed by atoms with van der Waals surface area (Å²) in [6.07, 6.45) is 2.03. The Morgan fingerprint density at radius 3 is 2.76 bits per heavy atom. The fourth-order valence-electron chi connectivity index (χ4n) is 2.85. The summed E-state index contributed by atoms with van der Waals surface area (Å²) >= 11 is 9.13. The van der Waals surface area contributed by atoms with Gasteiger partial charge in [-0.15, -0.1) is 0 Å². The van der Waals surface area contributed by atoms with Crippen molar-refractivity contribution in [2.24, 2.45) is 0 Å². The number of carbonyl (C=O) groups is 3. The highest BCUT2D eigenvalue weighted by Crippen LogP contribution is 2.33. The van der Waals surface area contributed by atoms with Crippen molar-refractivity contribution in [2.45, 2.75) is 13.3 Å². The molecule has 9 heteroatoms. The van der Waals surface area contributed by atoms with Crippen LogP contribution in [0.15, 0.2) is 46.6 Å². The van der Waals surface area contributed by atoms with Gasteiger partial charge in [0, 0.05) is 16.3 Å². The second-order valence-electron chi connectivity index (χ2n) is 6.26. The molecule has 1 fully saturated rings. The Morgan fingerprint density at radius 1 is 1.31 bits per heavy atom. The standard InChI is InChI=1S/C20H17BrClN3O4/c1-2-11-5-3-4-6-15(11)23-17(26)10-25-19(28)16(24-20(25)29)8-12-7-13(22)9-14(21)18(12)27/h3-9,27H,2,10H2,1H3,(H,23,26)(H,24,29)/b16-8+. The van der Waals surface area contributed by atoms with Gasteiger partial charge in [-0.3, -0.25) is 9.59 Å². The summed E-state index contributed by atoms with van der Waals surface area (Å²) in [5.74, 6) is -1.30. The number of aromatic hydroxyl groups is 1. The van der Waals surface area contributed by atoms with Crippen molar-refractivity contribution in [3.63, 3.8) is 0 Å². The SMILES string of the molecule is CCc1ccccc1NC(=O)CN1C(=O)N/C(=C/c2cc(Cl)cc(Br)c2O)C1=O. The number of aryl methyl sites for hydroxylation is 1. The summed E-state index contributed by atoms with van der Waals surface area (Å²) in [5, 5.41) is 15.6. The Hall–Kier alpha value is -2.84. The lowest BCUT2D eigenvalue weighted by Crippen LogP contribution is -2.38. The van der Waals surface area contributed by atoms with Crippen molar-refractivity contribution >= 4 is 57.1 Å². The lowest BCUT2D eigenvalue weighted by Gasteiger charge is -2.13. The van der Waals surface area contributed by atoms with Gasteiger partial charge >= 0.3 is 6.03 Å². The molecule has 1 saturated heterocycles. The number of hydrogen-bond donors (Lipinski definition) is 3. The maximum absolute atomic E-state index is 12.6. The minimum atomic E-state index is -0.722. The molecule has 0 radical (unpaired) electrons. The number of urea groups is 1. The predicted octanol–water partition coefficient (Wildman–Crippen LogP) is 3.90. The number of para-hydroxylation sites is 1. The van der Waals surface area contributed by atoms with Crippen molar-refractivity contribution in [1.29, 1.82) is 0 Å². The number of benzene rings is 2. The van der Waals surface area contributed by atoms with E-state index in [0.29, 0.717) is 15.2 Å². The molecule has 0 aromatic heterocycles. The van der Waals surface area contributed by atoms with Gasteiger partial charge in [-0.25, -0.2) is 9.69 Å². The van der Waals surface area contributed by atoms with Crippen molar-refractivity contribution in [3.8, 4) is 5.75 Å². The number of phenols is 1. The largest absolute Gasteiger partial charge is 0.506 e. The van der Waals surface area contributed by atoms with Gasteiger partial charge in [0.05, 0.1) is 4.47 Å². The maximum atomic E-state index is 12.6. The highest BCUT2D eigenvalue weighted by atomic mass is 79.9. The number of anilines is 1. The van der Waals surface area contributed by atoms with Crippen LogP contribution in [0.2, 0.25) is 5.02 Å². The third-order valence-corrected chi connectivity index (χ3v) is 5.12. The molecule has 1 aliphatic heterocycles. The van der Waals surface area contributed by atoms with Gasteiger partial charge in [0.1, 0.15) is 18.0 Å². The minimum absolute atomic E-state index is 0.0683. The summed E-state index contributed by atoms with van der Waals surface area (Å²) in [6.45, 7) is 1.52. The smallest absolute Gasteiger partial charge is 0.329 e. The molecule has 2 aromatic rings. The second kappa shape index (κ2) is 8.67. The first kappa shape index (κ1) is 20.9. The van der Waals surface area contributed by atoms with Crippen LogP contribution in [0.3, 0.4) is 0 Å². The number of hydrogen-bond acceptors (Lipinski definition) is 4. The molecule has 0 saturated carbocycles. The highest BCUT2D eigenvalue weighted by molar-refractivity contribution is 9.10. The van der Waals surface area contributed by atoms with Crippen LogP contribution in [-0.2, 0) is 16.0 Å². The molecule has 0 aliphatic carbocycles. The molecule has 0 bridgehead atoms. The van der Waals surface area contributed by atoms with Crippen LogP contribution in [-0.4, -0.2) is 34.4 Å². The third-order valence-electron chi connectivity index (χ3n) is 4.29. The van der Waals surface area contributed by atoms with E-state index in [1.165, 1.54) is 18.2 Å². The van der Waals surface area contributed by atoms with Crippen molar-refractivity contribution in [1.82, 2.24) is 10.2 Å². The average Bonchev–Trinajstić information content (AvgIpc) is 2.93. The van der Waals surface area contributed by atoms with E-state index >= 15 is 0 Å². The average molecular weight is 479 g/mol. The third kappa shape index (κ3) is 4.60. The van der Waals surface area contributed by atoms with E-state index in [-0.39, 0.29) is 17.0 Å². The number of nitrogens with one attached hydrogen (secondary N) is 2. The summed E-state index contributed by atoms with van der Waals surface area (Å²) in [5.41, 5.74) is 1.76. The number of amides is 4. The molecule has 0 spiro atoms. The van der Waals surface area contributed by atoms with E-state index in [0.717, 1.165) is 16.9 Å². The van der Waals surface area contributed by atoms with Crippen LogP contribution < -0.4 is 10.6 Å². The molecule has 4 amide bonds. The van der Waals surface area contributed by atoms with E-state index in [2.05, 4.69) is 26.6 Å². The van der Waals surface area contributed by atoms with Gasteiger partial charge in [0.2, 0.25) is 5.91 Å². The number of imide groups is 1. The Balaban J connectivity index is 1.76. The number of carbonyl (C=O) groups excluding carboxylic acids is 3. The molecule has 0 atom stereocenters. The lowest BCUT2D eigenvalue weighted by atomic mass is 10.1. The maximum Gasteiger partial charge on any atom is 0.329 e. The van der Waals surface area contributed by atoms with Crippen LogP contribution in [0.1, 0.15) is 18.1 Å². The Bertz CT molecular complexity index is 1040. The van der Waals surface area contributed by atoms with Crippen molar-refractivity contribution in [3.05, 3.63) is 62.7 Å². The van der Waals surface area contributed by atoms with Crippen LogP contribution in [0.4, 0.5) is 10.5 Å². The monoisotopic (exact) mass is 477 g/mol. The number of phenolic OH excluding ortho intramolecular Hbond substituents is 1. The number of rotatable bonds is 5. The zero-order valence-electron chi connectivity index (χ0n) is 15.3. The zero-order valence-corrected chi connectivity index (χ0v) is 17.7. The number of nitrogens with zero attached hydrogens (tertiary/aromatic N) is 1. The van der Waals surface area contributed by atoms with Gasteiger partial charge in [-0.1, -0.05) is 36.7 Å². The quantitative estimate of drug-likeness (QED) is 0.448. The molecule has 1 aliphatic rings. The molecule has 29 heavy (non-hydrogen) atoms. The fourth-order valence-corrected chi connectivity index (χ4v) is 3.68. The van der Waals surface area contributed by atoms with Crippen LogP contribution >= 0.6 is 27.5 Å². The first-order chi connectivity index (χ1) is 13.8. The molecular weight excluding hydrogens is 462 g/mol. The van der Waals surface area contributed by atoms with Gasteiger partial charge < -0.3 is 15.7 Å². The van der Waals surface area contributed by atoms with Crippen LogP contribution in [0, 0.1) is 0 Å². The van der Waals surface area contributed by atoms with Gasteiger partial charge in [-0.05, 0) is 52.2 Å². The lowest BCUT2D eigenvalue weighted by molar-refractivity contribution is -0.127. The molecular formula is C20H17BrClN3O4. The fraction of sp³-hybridized carbons (Fsp3) is 0.150. The predicted molar refractivity (Wildman–Crippen MR) is 113 cm³/mol. The summed E-state index contributed by atoms with van der Waals surface area (Å²) < 4.78 is 0.347. The van der Waals surface area contributed by atoms with Crippen molar-refractivity contribution in [2.75, 3.05) is 11.9 Å². The molecule has 150 valence electrons. The van der Waals surface area contributed by atoms with E-state index in [9.17, 15) is 19.5 Å². The molecule has 7 nitrogen and oxygen atoms in total. The zero-order chi connectivity index (χ0) is 21.1. The molecule has 3 rings (SSSR count). The van der Waals surface area contributed by atoms with E-state index in [4.69, 9.17) is 11.6 Å².